The van der Waals surface area contributed by atoms with Crippen molar-refractivity contribution >= 4 is 0 Å². The fraction of sp³-hybridized carbons (Fsp3) is 0.615. The smallest absolute Gasteiger partial charge is 0.193 e. The number of hydrogen-bond donors (Lipinski definition) is 0. The summed E-state index contributed by atoms with van der Waals surface area (Å²) in [7, 11) is 2.12. The summed E-state index contributed by atoms with van der Waals surface area (Å²) in [5.74, 6) is 1.73. The third-order valence-electron chi connectivity index (χ3n) is 4.29. The first-order valence-electron chi connectivity index (χ1n) is 5.94. The quantitative estimate of drug-likeness (QED) is 0.668. The van der Waals surface area contributed by atoms with Crippen molar-refractivity contribution in [3.63, 3.8) is 0 Å². The van der Waals surface area contributed by atoms with Gasteiger partial charge in [-0.2, -0.15) is 0 Å². The summed E-state index contributed by atoms with van der Waals surface area (Å²) in [5.41, 5.74) is 1.91. The third-order valence-corrected chi connectivity index (χ3v) is 4.29. The Kier molecular flexibility index (Phi) is 2.02. The van der Waals surface area contributed by atoms with E-state index in [9.17, 15) is 4.79 Å². The van der Waals surface area contributed by atoms with E-state index in [4.69, 9.17) is 4.42 Å². The summed E-state index contributed by atoms with van der Waals surface area (Å²) in [4.78, 5) is 14.6. The highest BCUT2D eigenvalue weighted by Crippen LogP contribution is 2.41. The van der Waals surface area contributed by atoms with Gasteiger partial charge in [0.25, 0.3) is 0 Å². The fourth-order valence-electron chi connectivity index (χ4n) is 3.11. The van der Waals surface area contributed by atoms with Gasteiger partial charge in [-0.1, -0.05) is 0 Å². The van der Waals surface area contributed by atoms with Gasteiger partial charge >= 0.3 is 0 Å². The summed E-state index contributed by atoms with van der Waals surface area (Å²) in [6.45, 7) is 3.75. The van der Waals surface area contributed by atoms with E-state index in [2.05, 4.69) is 11.9 Å². The first-order valence-corrected chi connectivity index (χ1v) is 5.94. The van der Waals surface area contributed by atoms with Crippen LogP contribution in [-0.2, 0) is 6.42 Å². The van der Waals surface area contributed by atoms with Gasteiger partial charge in [0.05, 0.1) is 5.56 Å². The van der Waals surface area contributed by atoms with E-state index < -0.39 is 0 Å². The van der Waals surface area contributed by atoms with E-state index in [1.807, 2.05) is 13.8 Å². The monoisotopic (exact) mass is 219 g/mol. The molecular formula is C13H17NO2. The Morgan fingerprint density at radius 2 is 2.06 bits per heavy atom. The van der Waals surface area contributed by atoms with Crippen molar-refractivity contribution in [1.82, 2.24) is 4.90 Å². The Hall–Kier alpha value is -1.09. The molecule has 16 heavy (non-hydrogen) atoms. The molecule has 3 rings (SSSR count). The van der Waals surface area contributed by atoms with Crippen LogP contribution in [0.1, 0.15) is 41.5 Å². The van der Waals surface area contributed by atoms with Crippen LogP contribution >= 0.6 is 0 Å². The molecule has 1 saturated heterocycles. The maximum atomic E-state index is 12.3. The lowest BCUT2D eigenvalue weighted by molar-refractivity contribution is 0.202. The van der Waals surface area contributed by atoms with Gasteiger partial charge in [0.15, 0.2) is 5.43 Å². The van der Waals surface area contributed by atoms with Crippen LogP contribution < -0.4 is 5.43 Å². The highest BCUT2D eigenvalue weighted by Gasteiger charge is 2.40. The second kappa shape index (κ2) is 3.20. The molecule has 0 saturated carbocycles. The Labute approximate surface area is 95.1 Å². The Morgan fingerprint density at radius 3 is 2.81 bits per heavy atom. The second-order valence-corrected chi connectivity index (χ2v) is 5.07. The van der Waals surface area contributed by atoms with Gasteiger partial charge in [-0.05, 0) is 33.7 Å². The summed E-state index contributed by atoms with van der Waals surface area (Å²) in [5, 5.41) is 0. The fourth-order valence-corrected chi connectivity index (χ4v) is 3.11. The van der Waals surface area contributed by atoms with Crippen molar-refractivity contribution in [3.8, 4) is 0 Å². The van der Waals surface area contributed by atoms with Crippen molar-refractivity contribution in [3.05, 3.63) is 32.9 Å². The minimum atomic E-state index is 0.205. The summed E-state index contributed by atoms with van der Waals surface area (Å²) in [6, 6.07) is 0.868. The Morgan fingerprint density at radius 1 is 1.31 bits per heavy atom. The molecule has 3 heterocycles. The van der Waals surface area contributed by atoms with Gasteiger partial charge in [-0.25, -0.2) is 0 Å². The minimum Gasteiger partial charge on any atom is -0.465 e. The number of likely N-dealkylation sites (N-methyl/N-ethyl adjacent to an activating group) is 1. The molecule has 0 aliphatic carbocycles. The van der Waals surface area contributed by atoms with Crippen LogP contribution in [0.4, 0.5) is 0 Å². The molecule has 0 amide bonds. The van der Waals surface area contributed by atoms with Gasteiger partial charge < -0.3 is 4.42 Å². The minimum absolute atomic E-state index is 0.205. The number of rotatable bonds is 0. The molecule has 0 aromatic carbocycles. The predicted octanol–water partition coefficient (Wildman–Crippen LogP) is 1.95. The van der Waals surface area contributed by atoms with E-state index in [-0.39, 0.29) is 5.43 Å². The highest BCUT2D eigenvalue weighted by molar-refractivity contribution is 5.33. The maximum absolute atomic E-state index is 12.3. The average Bonchev–Trinajstić information content (AvgIpc) is 2.51. The zero-order valence-corrected chi connectivity index (χ0v) is 10.0. The highest BCUT2D eigenvalue weighted by atomic mass is 16.3. The molecule has 86 valence electrons. The predicted molar refractivity (Wildman–Crippen MR) is 61.7 cm³/mol. The summed E-state index contributed by atoms with van der Waals surface area (Å²) >= 11 is 0. The molecule has 2 bridgehead atoms. The Balaban J connectivity index is 2.26. The molecular weight excluding hydrogens is 202 g/mol. The van der Waals surface area contributed by atoms with Crippen LogP contribution in [0.2, 0.25) is 0 Å². The lowest BCUT2D eigenvalue weighted by Gasteiger charge is -2.31. The third kappa shape index (κ3) is 1.15. The number of fused-ring (bicyclic) bond motifs is 4. The SMILES string of the molecule is Cc1oc2c(c(=O)c1C)C1CCC(C2)N1C. The summed E-state index contributed by atoms with van der Waals surface area (Å²) in [6.07, 6.45) is 3.18. The van der Waals surface area contributed by atoms with E-state index >= 15 is 0 Å². The van der Waals surface area contributed by atoms with Crippen molar-refractivity contribution in [2.45, 2.75) is 45.2 Å². The topological polar surface area (TPSA) is 33.5 Å². The molecule has 3 nitrogen and oxygen atoms in total. The van der Waals surface area contributed by atoms with E-state index in [1.54, 1.807) is 0 Å². The van der Waals surface area contributed by atoms with Gasteiger partial charge in [0.1, 0.15) is 11.5 Å². The largest absolute Gasteiger partial charge is 0.465 e. The number of aryl methyl sites for hydroxylation is 1. The van der Waals surface area contributed by atoms with E-state index in [0.29, 0.717) is 12.1 Å². The Bertz CT molecular complexity index is 503. The molecule has 0 spiro atoms. The lowest BCUT2D eigenvalue weighted by atomic mass is 9.97. The van der Waals surface area contributed by atoms with Gasteiger partial charge in [0.2, 0.25) is 0 Å². The lowest BCUT2D eigenvalue weighted by Crippen LogP contribution is -2.37. The van der Waals surface area contributed by atoms with Crippen molar-refractivity contribution in [2.75, 3.05) is 7.05 Å². The van der Waals surface area contributed by atoms with Crippen LogP contribution in [-0.4, -0.2) is 18.0 Å². The van der Waals surface area contributed by atoms with Gasteiger partial charge in [-0.3, -0.25) is 9.69 Å². The van der Waals surface area contributed by atoms with Crippen LogP contribution in [0.25, 0.3) is 0 Å². The first-order chi connectivity index (χ1) is 7.59. The molecule has 0 radical (unpaired) electrons. The van der Waals surface area contributed by atoms with E-state index in [1.165, 1.54) is 6.42 Å². The molecule has 3 heteroatoms. The normalized spacial score (nSPS) is 28.2. The van der Waals surface area contributed by atoms with Crippen molar-refractivity contribution < 1.29 is 4.42 Å². The van der Waals surface area contributed by atoms with Crippen LogP contribution in [0.5, 0.6) is 0 Å². The van der Waals surface area contributed by atoms with Gasteiger partial charge in [-0.15, -0.1) is 0 Å². The molecule has 2 atom stereocenters. The van der Waals surface area contributed by atoms with Gasteiger partial charge in [0, 0.05) is 24.1 Å². The molecule has 1 fully saturated rings. The number of nitrogens with zero attached hydrogens (tertiary/aromatic N) is 1. The molecule has 0 N–H and O–H groups in total. The maximum Gasteiger partial charge on any atom is 0.193 e. The first kappa shape index (κ1) is 10.1. The average molecular weight is 219 g/mol. The summed E-state index contributed by atoms with van der Waals surface area (Å²) < 4.78 is 5.81. The number of hydrogen-bond acceptors (Lipinski definition) is 3. The van der Waals surface area contributed by atoms with E-state index in [0.717, 1.165) is 35.5 Å². The molecule has 2 aliphatic heterocycles. The zero-order chi connectivity index (χ0) is 11.4. The molecule has 1 aromatic rings. The van der Waals surface area contributed by atoms with Crippen LogP contribution in [0.15, 0.2) is 9.21 Å². The van der Waals surface area contributed by atoms with Crippen LogP contribution in [0, 0.1) is 13.8 Å². The second-order valence-electron chi connectivity index (χ2n) is 5.07. The molecule has 1 aromatic heterocycles. The van der Waals surface area contributed by atoms with Crippen molar-refractivity contribution in [2.24, 2.45) is 0 Å². The van der Waals surface area contributed by atoms with Crippen molar-refractivity contribution in [1.29, 1.82) is 0 Å². The standard InChI is InChI=1S/C13H17NO2/c1-7-8(2)16-11-6-9-4-5-10(14(9)3)12(11)13(7)15/h9-10H,4-6H2,1-3H3. The van der Waals surface area contributed by atoms with Crippen LogP contribution in [0.3, 0.4) is 0 Å². The molecule has 2 aliphatic rings. The zero-order valence-electron chi connectivity index (χ0n) is 10.0. The molecule has 2 unspecified atom stereocenters.